The first-order valence-electron chi connectivity index (χ1n) is 9.64. The zero-order valence-corrected chi connectivity index (χ0v) is 17.6. The number of benzene rings is 1. The van der Waals surface area contributed by atoms with Crippen LogP contribution in [0.4, 0.5) is 5.69 Å². The number of ether oxygens (including phenoxy) is 1. The Kier molecular flexibility index (Phi) is 7.35. The van der Waals surface area contributed by atoms with Gasteiger partial charge in [0.05, 0.1) is 17.9 Å². The summed E-state index contributed by atoms with van der Waals surface area (Å²) in [4.78, 5) is 6.70. The lowest BCUT2D eigenvalue weighted by Gasteiger charge is -2.36. The molecule has 0 radical (unpaired) electrons. The van der Waals surface area contributed by atoms with Crippen molar-refractivity contribution in [1.82, 2.24) is 4.90 Å². The quantitative estimate of drug-likeness (QED) is 0.428. The van der Waals surface area contributed by atoms with Crippen molar-refractivity contribution < 1.29 is 4.74 Å². The van der Waals surface area contributed by atoms with Crippen LogP contribution in [-0.2, 0) is 4.74 Å². The van der Waals surface area contributed by atoms with Gasteiger partial charge in [-0.15, -0.1) is 0 Å². The second-order valence-electron chi connectivity index (χ2n) is 7.52. The van der Waals surface area contributed by atoms with Crippen LogP contribution in [0.15, 0.2) is 52.8 Å². The predicted molar refractivity (Wildman–Crippen MR) is 120 cm³/mol. The van der Waals surface area contributed by atoms with E-state index in [1.165, 1.54) is 5.57 Å². The van der Waals surface area contributed by atoms with E-state index < -0.39 is 0 Å². The average Bonchev–Trinajstić information content (AvgIpc) is 2.61. The fourth-order valence-electron chi connectivity index (χ4n) is 3.32. The lowest BCUT2D eigenvalue weighted by Crippen LogP contribution is -2.44. The van der Waals surface area contributed by atoms with Gasteiger partial charge in [-0.1, -0.05) is 24.3 Å². The van der Waals surface area contributed by atoms with Gasteiger partial charge in [0.25, 0.3) is 0 Å². The predicted octanol–water partition coefficient (Wildman–Crippen LogP) is 4.66. The lowest BCUT2D eigenvalue weighted by molar-refractivity contribution is -0.0580. The van der Waals surface area contributed by atoms with Gasteiger partial charge in [0.2, 0.25) is 0 Å². The van der Waals surface area contributed by atoms with Crippen LogP contribution in [0.5, 0.6) is 0 Å². The number of nitrogen functional groups attached to an aromatic ring is 1. The van der Waals surface area contributed by atoms with Gasteiger partial charge in [-0.25, -0.2) is 4.99 Å². The number of hydrogen-bond acceptors (Lipinski definition) is 5. The molecule has 2 rings (SSSR count). The molecule has 150 valence electrons. The Balaban J connectivity index is 2.32. The van der Waals surface area contributed by atoms with Crippen molar-refractivity contribution in [2.75, 3.05) is 18.8 Å². The van der Waals surface area contributed by atoms with E-state index >= 15 is 0 Å². The van der Waals surface area contributed by atoms with E-state index in [9.17, 15) is 0 Å². The molecule has 5 heteroatoms. The van der Waals surface area contributed by atoms with E-state index in [1.54, 1.807) is 6.21 Å². The van der Waals surface area contributed by atoms with E-state index in [4.69, 9.17) is 15.9 Å². The Labute approximate surface area is 168 Å². The van der Waals surface area contributed by atoms with E-state index in [1.807, 2.05) is 45.0 Å². The molecule has 1 aromatic carbocycles. The Morgan fingerprint density at radius 2 is 1.93 bits per heavy atom. The molecule has 0 spiro atoms. The molecular weight excluding hydrogens is 348 g/mol. The number of nitrogens with two attached hydrogens (primary N) is 1. The molecule has 1 heterocycles. The van der Waals surface area contributed by atoms with Gasteiger partial charge in [-0.3, -0.25) is 5.41 Å². The van der Waals surface area contributed by atoms with Crippen molar-refractivity contribution in [3.8, 4) is 0 Å². The molecule has 1 aliphatic rings. The maximum atomic E-state index is 8.63. The highest BCUT2D eigenvalue weighted by Crippen LogP contribution is 2.22. The number of aliphatic imine (C=N–C) groups is 1. The first-order chi connectivity index (χ1) is 13.2. The Morgan fingerprint density at radius 1 is 1.29 bits per heavy atom. The first-order valence-corrected chi connectivity index (χ1v) is 9.64. The molecule has 1 aromatic rings. The van der Waals surface area contributed by atoms with Crippen LogP contribution in [0.25, 0.3) is 6.08 Å². The van der Waals surface area contributed by atoms with Crippen molar-refractivity contribution in [3.63, 3.8) is 0 Å². The highest BCUT2D eigenvalue weighted by atomic mass is 16.5. The summed E-state index contributed by atoms with van der Waals surface area (Å²) in [6.45, 7) is 15.7. The lowest BCUT2D eigenvalue weighted by atomic mass is 9.98. The van der Waals surface area contributed by atoms with Gasteiger partial charge in [0.15, 0.2) is 0 Å². The molecule has 0 saturated carbocycles. The summed E-state index contributed by atoms with van der Waals surface area (Å²) >= 11 is 0. The number of morpholine rings is 1. The fraction of sp³-hybridized carbons (Fsp3) is 0.391. The number of anilines is 1. The molecule has 0 amide bonds. The molecular formula is C23H32N4O. The Hall–Kier alpha value is -2.66. The third-order valence-electron chi connectivity index (χ3n) is 4.43. The van der Waals surface area contributed by atoms with Crippen molar-refractivity contribution in [3.05, 3.63) is 58.9 Å². The topological polar surface area (TPSA) is 74.7 Å². The molecule has 1 aliphatic heterocycles. The molecule has 0 aromatic heterocycles. The SMILES string of the molecule is C=C(/C=C(\N=C/C)N1CC(C)OC(C)C1)C(=N)c1cc(C=C(C)C)ccc1N. The summed E-state index contributed by atoms with van der Waals surface area (Å²) < 4.78 is 5.82. The highest BCUT2D eigenvalue weighted by molar-refractivity contribution is 6.15. The van der Waals surface area contributed by atoms with Crippen molar-refractivity contribution in [2.45, 2.75) is 46.8 Å². The maximum Gasteiger partial charge on any atom is 0.128 e. The Bertz CT molecular complexity index is 821. The van der Waals surface area contributed by atoms with Gasteiger partial charge in [-0.2, -0.15) is 0 Å². The second kappa shape index (κ2) is 9.51. The van der Waals surface area contributed by atoms with Crippen molar-refractivity contribution >= 4 is 23.7 Å². The standard InChI is InChI=1S/C23H32N4O/c1-7-26-22(27-13-17(5)28-18(6)14-27)11-16(4)23(25)20-12-19(10-15(2)3)8-9-21(20)24/h7-12,17-18,25H,4,13-14,24H2,1-3,5-6H3/b22-11+,25-23?,26-7-. The minimum absolute atomic E-state index is 0.128. The van der Waals surface area contributed by atoms with Gasteiger partial charge in [-0.05, 0) is 64.0 Å². The molecule has 0 bridgehead atoms. The zero-order valence-electron chi connectivity index (χ0n) is 17.6. The molecule has 2 atom stereocenters. The monoisotopic (exact) mass is 380 g/mol. The number of nitrogens with zero attached hydrogens (tertiary/aromatic N) is 2. The van der Waals surface area contributed by atoms with E-state index in [0.717, 1.165) is 24.5 Å². The molecule has 2 unspecified atom stereocenters. The zero-order chi connectivity index (χ0) is 20.8. The van der Waals surface area contributed by atoms with Crippen molar-refractivity contribution in [2.24, 2.45) is 4.99 Å². The number of allylic oxidation sites excluding steroid dienone is 3. The third-order valence-corrected chi connectivity index (χ3v) is 4.43. The largest absolute Gasteiger partial charge is 0.398 e. The van der Waals surface area contributed by atoms with Crippen LogP contribution in [0, 0.1) is 5.41 Å². The van der Waals surface area contributed by atoms with Crippen LogP contribution < -0.4 is 5.73 Å². The molecule has 3 N–H and O–H groups in total. The van der Waals surface area contributed by atoms with Gasteiger partial charge < -0.3 is 15.4 Å². The molecule has 1 fully saturated rings. The van der Waals surface area contributed by atoms with Crippen LogP contribution in [0.1, 0.15) is 45.7 Å². The molecule has 1 saturated heterocycles. The first kappa shape index (κ1) is 21.6. The van der Waals surface area contributed by atoms with Gasteiger partial charge in [0, 0.05) is 30.6 Å². The molecule has 0 aliphatic carbocycles. The van der Waals surface area contributed by atoms with E-state index in [2.05, 4.69) is 36.4 Å². The highest BCUT2D eigenvalue weighted by Gasteiger charge is 2.24. The Morgan fingerprint density at radius 3 is 2.50 bits per heavy atom. The van der Waals surface area contributed by atoms with Crippen LogP contribution in [0.2, 0.25) is 0 Å². The van der Waals surface area contributed by atoms with Gasteiger partial charge in [0.1, 0.15) is 5.82 Å². The summed E-state index contributed by atoms with van der Waals surface area (Å²) in [5, 5.41) is 8.63. The van der Waals surface area contributed by atoms with E-state index in [0.29, 0.717) is 22.5 Å². The normalized spacial score (nSPS) is 20.3. The summed E-state index contributed by atoms with van der Waals surface area (Å²) in [5.41, 5.74) is 10.5. The fourth-order valence-corrected chi connectivity index (χ4v) is 3.32. The summed E-state index contributed by atoms with van der Waals surface area (Å²) in [6, 6.07) is 5.73. The second-order valence-corrected chi connectivity index (χ2v) is 7.52. The minimum atomic E-state index is 0.128. The summed E-state index contributed by atoms with van der Waals surface area (Å²) in [5.74, 6) is 0.790. The number of rotatable bonds is 6. The average molecular weight is 381 g/mol. The van der Waals surface area contributed by atoms with Crippen LogP contribution >= 0.6 is 0 Å². The van der Waals surface area contributed by atoms with Crippen LogP contribution in [-0.4, -0.2) is 42.1 Å². The summed E-state index contributed by atoms with van der Waals surface area (Å²) in [6.07, 6.45) is 5.95. The van der Waals surface area contributed by atoms with Gasteiger partial charge >= 0.3 is 0 Å². The van der Waals surface area contributed by atoms with Crippen molar-refractivity contribution in [1.29, 1.82) is 5.41 Å². The smallest absolute Gasteiger partial charge is 0.128 e. The van der Waals surface area contributed by atoms with Crippen LogP contribution in [0.3, 0.4) is 0 Å². The summed E-state index contributed by atoms with van der Waals surface area (Å²) in [7, 11) is 0. The number of nitrogens with one attached hydrogen (secondary N) is 1. The van der Waals surface area contributed by atoms with E-state index in [-0.39, 0.29) is 12.2 Å². The third kappa shape index (κ3) is 5.67. The molecule has 28 heavy (non-hydrogen) atoms. The number of hydrogen-bond donors (Lipinski definition) is 2. The minimum Gasteiger partial charge on any atom is -0.398 e. The maximum absolute atomic E-state index is 8.63. The molecule has 5 nitrogen and oxygen atoms in total.